The first-order chi connectivity index (χ1) is 8.08. The van der Waals surface area contributed by atoms with Crippen LogP contribution in [0.4, 0.5) is 15.9 Å². The van der Waals surface area contributed by atoms with Gasteiger partial charge < -0.3 is 5.32 Å². The lowest BCUT2D eigenvalue weighted by atomic mass is 10.2. The number of aromatic nitrogens is 2. The van der Waals surface area contributed by atoms with Crippen LogP contribution < -0.4 is 5.32 Å². The molecule has 88 valence electrons. The number of hydrogen-bond donors (Lipinski definition) is 1. The minimum atomic E-state index is -0.349. The highest BCUT2D eigenvalue weighted by Gasteiger charge is 2.08. The highest BCUT2D eigenvalue weighted by atomic mass is 79.9. The Bertz CT molecular complexity index is 562. The van der Waals surface area contributed by atoms with Crippen molar-refractivity contribution in [2.75, 3.05) is 5.32 Å². The van der Waals surface area contributed by atoms with Crippen molar-refractivity contribution in [2.24, 2.45) is 0 Å². The molecule has 0 bridgehead atoms. The third kappa shape index (κ3) is 2.73. The lowest BCUT2D eigenvalue weighted by Crippen LogP contribution is -1.98. The van der Waals surface area contributed by atoms with Gasteiger partial charge in [0.05, 0.1) is 4.47 Å². The van der Waals surface area contributed by atoms with Crippen LogP contribution >= 0.6 is 27.5 Å². The third-order valence-corrected chi connectivity index (χ3v) is 3.06. The zero-order valence-electron chi connectivity index (χ0n) is 8.84. The van der Waals surface area contributed by atoms with Gasteiger partial charge in [-0.15, -0.1) is 0 Å². The second kappa shape index (κ2) is 4.98. The molecular weight excluding hydrogens is 308 g/mol. The molecule has 3 nitrogen and oxygen atoms in total. The zero-order valence-corrected chi connectivity index (χ0v) is 11.2. The summed E-state index contributed by atoms with van der Waals surface area (Å²) in [4.78, 5) is 7.91. The molecule has 1 heterocycles. The normalized spacial score (nSPS) is 10.4. The smallest absolute Gasteiger partial charge is 0.171 e. The Morgan fingerprint density at radius 2 is 2.00 bits per heavy atom. The molecule has 0 radical (unpaired) electrons. The summed E-state index contributed by atoms with van der Waals surface area (Å²) in [5.74, 6) is 0.0529. The molecule has 0 aliphatic carbocycles. The van der Waals surface area contributed by atoms with Crippen LogP contribution in [0.15, 0.2) is 29.0 Å². The molecule has 0 unspecified atom stereocenters. The number of anilines is 2. The maximum absolute atomic E-state index is 13.4. The maximum atomic E-state index is 13.4. The molecule has 2 rings (SSSR count). The number of rotatable bonds is 2. The first-order valence-corrected chi connectivity index (χ1v) is 5.94. The van der Waals surface area contributed by atoms with E-state index < -0.39 is 0 Å². The number of aryl methyl sites for hydroxylation is 1. The van der Waals surface area contributed by atoms with Crippen LogP contribution in [0.1, 0.15) is 5.56 Å². The van der Waals surface area contributed by atoms with E-state index in [-0.39, 0.29) is 11.0 Å². The van der Waals surface area contributed by atoms with E-state index in [1.807, 2.05) is 6.92 Å². The average molecular weight is 317 g/mol. The van der Waals surface area contributed by atoms with E-state index in [4.69, 9.17) is 11.6 Å². The van der Waals surface area contributed by atoms with Crippen LogP contribution in [-0.2, 0) is 0 Å². The second-order valence-corrected chi connectivity index (χ2v) is 4.61. The van der Waals surface area contributed by atoms with E-state index in [1.165, 1.54) is 18.5 Å². The Kier molecular flexibility index (Phi) is 3.59. The van der Waals surface area contributed by atoms with Gasteiger partial charge in [0, 0.05) is 18.1 Å². The van der Waals surface area contributed by atoms with Crippen molar-refractivity contribution in [3.63, 3.8) is 0 Å². The lowest BCUT2D eigenvalue weighted by molar-refractivity contribution is 0.621. The van der Waals surface area contributed by atoms with Crippen LogP contribution in [0.5, 0.6) is 0 Å². The van der Waals surface area contributed by atoms with Crippen LogP contribution in [-0.4, -0.2) is 9.97 Å². The average Bonchev–Trinajstić information content (AvgIpc) is 2.29. The summed E-state index contributed by atoms with van der Waals surface area (Å²) in [6.07, 6.45) is 3.00. The van der Waals surface area contributed by atoms with Crippen molar-refractivity contribution in [1.29, 1.82) is 0 Å². The minimum Gasteiger partial charge on any atom is -0.337 e. The molecular formula is C11H8BrClFN3. The molecule has 0 amide bonds. The third-order valence-electron chi connectivity index (χ3n) is 2.17. The SMILES string of the molecule is Cc1cc(Br)c(F)cc1Nc1nccnc1Cl. The van der Waals surface area contributed by atoms with Crippen molar-refractivity contribution in [3.05, 3.63) is 45.5 Å². The summed E-state index contributed by atoms with van der Waals surface area (Å²) >= 11 is 8.98. The van der Waals surface area contributed by atoms with E-state index >= 15 is 0 Å². The first-order valence-electron chi connectivity index (χ1n) is 4.77. The maximum Gasteiger partial charge on any atom is 0.171 e. The number of benzene rings is 1. The minimum absolute atomic E-state index is 0.246. The Labute approximate surface area is 111 Å². The van der Waals surface area contributed by atoms with Gasteiger partial charge >= 0.3 is 0 Å². The fourth-order valence-corrected chi connectivity index (χ4v) is 1.92. The number of nitrogens with zero attached hydrogens (tertiary/aromatic N) is 2. The summed E-state index contributed by atoms with van der Waals surface area (Å²) in [7, 11) is 0. The van der Waals surface area contributed by atoms with E-state index in [0.717, 1.165) is 5.56 Å². The molecule has 0 aliphatic rings. The summed E-state index contributed by atoms with van der Waals surface area (Å²) < 4.78 is 13.8. The van der Waals surface area contributed by atoms with Crippen molar-refractivity contribution in [1.82, 2.24) is 9.97 Å². The Morgan fingerprint density at radius 1 is 1.29 bits per heavy atom. The van der Waals surface area contributed by atoms with E-state index in [9.17, 15) is 4.39 Å². The van der Waals surface area contributed by atoms with E-state index in [0.29, 0.717) is 16.0 Å². The molecule has 1 N–H and O–H groups in total. The topological polar surface area (TPSA) is 37.8 Å². The predicted molar refractivity (Wildman–Crippen MR) is 69.2 cm³/mol. The molecule has 0 saturated carbocycles. The fraction of sp³-hybridized carbons (Fsp3) is 0.0909. The predicted octanol–water partition coefficient (Wildman–Crippen LogP) is 4.08. The standard InChI is InChI=1S/C11H8BrClFN3/c1-6-4-7(12)8(14)5-9(6)17-11-10(13)15-2-3-16-11/h2-5H,1H3,(H,16,17). The molecule has 0 saturated heterocycles. The molecule has 0 spiro atoms. The molecule has 1 aromatic carbocycles. The van der Waals surface area contributed by atoms with Gasteiger partial charge in [-0.2, -0.15) is 0 Å². The monoisotopic (exact) mass is 315 g/mol. The van der Waals surface area contributed by atoms with Crippen LogP contribution in [0, 0.1) is 12.7 Å². The van der Waals surface area contributed by atoms with Gasteiger partial charge in [0.1, 0.15) is 5.82 Å². The van der Waals surface area contributed by atoms with Crippen LogP contribution in [0.25, 0.3) is 0 Å². The second-order valence-electron chi connectivity index (χ2n) is 3.40. The van der Waals surface area contributed by atoms with Crippen molar-refractivity contribution in [2.45, 2.75) is 6.92 Å². The van der Waals surface area contributed by atoms with Gasteiger partial charge in [-0.1, -0.05) is 11.6 Å². The molecule has 2 aromatic rings. The Hall–Kier alpha value is -1.20. The van der Waals surface area contributed by atoms with Gasteiger partial charge in [0.15, 0.2) is 11.0 Å². The summed E-state index contributed by atoms with van der Waals surface area (Å²) in [5, 5.41) is 3.19. The molecule has 0 atom stereocenters. The van der Waals surface area contributed by atoms with Crippen molar-refractivity contribution >= 4 is 39.0 Å². The molecule has 1 aromatic heterocycles. The first kappa shape index (κ1) is 12.3. The Morgan fingerprint density at radius 3 is 2.71 bits per heavy atom. The van der Waals surface area contributed by atoms with Crippen molar-refractivity contribution in [3.8, 4) is 0 Å². The molecule has 0 aliphatic heterocycles. The highest BCUT2D eigenvalue weighted by molar-refractivity contribution is 9.10. The summed E-state index contributed by atoms with van der Waals surface area (Å²) in [6.45, 7) is 1.86. The van der Waals surface area contributed by atoms with Crippen LogP contribution in [0.3, 0.4) is 0 Å². The number of hydrogen-bond acceptors (Lipinski definition) is 3. The van der Waals surface area contributed by atoms with Gasteiger partial charge in [-0.3, -0.25) is 0 Å². The van der Waals surface area contributed by atoms with Gasteiger partial charge in [-0.05, 0) is 40.5 Å². The van der Waals surface area contributed by atoms with Gasteiger partial charge in [0.25, 0.3) is 0 Å². The summed E-state index contributed by atoms with van der Waals surface area (Å²) in [5.41, 5.74) is 1.48. The lowest BCUT2D eigenvalue weighted by Gasteiger charge is -2.10. The quantitative estimate of drug-likeness (QED) is 0.907. The largest absolute Gasteiger partial charge is 0.337 e. The molecule has 0 fully saturated rings. The van der Waals surface area contributed by atoms with E-state index in [1.54, 1.807) is 6.07 Å². The van der Waals surface area contributed by atoms with Crippen LogP contribution in [0.2, 0.25) is 5.15 Å². The van der Waals surface area contributed by atoms with E-state index in [2.05, 4.69) is 31.2 Å². The molecule has 17 heavy (non-hydrogen) atoms. The van der Waals surface area contributed by atoms with Gasteiger partial charge in [-0.25, -0.2) is 14.4 Å². The number of nitrogens with one attached hydrogen (secondary N) is 1. The number of halogens is 3. The summed E-state index contributed by atoms with van der Waals surface area (Å²) in [6, 6.07) is 3.06. The fourth-order valence-electron chi connectivity index (χ4n) is 1.31. The van der Waals surface area contributed by atoms with Crippen molar-refractivity contribution < 1.29 is 4.39 Å². The zero-order chi connectivity index (χ0) is 12.4. The highest BCUT2D eigenvalue weighted by Crippen LogP contribution is 2.27. The Balaban J connectivity index is 2.37. The molecule has 6 heteroatoms. The van der Waals surface area contributed by atoms with Gasteiger partial charge in [0.2, 0.25) is 0 Å².